The zero-order chi connectivity index (χ0) is 20.1. The van der Waals surface area contributed by atoms with Gasteiger partial charge in [-0.2, -0.15) is 0 Å². The number of rotatable bonds is 5. The molecule has 4 rings (SSSR count). The Morgan fingerprint density at radius 2 is 1.97 bits per heavy atom. The standard InChI is InChI=1S/C22H29N7.HI/c1-3-25-22(27-11-8-18(2)21(15-27)29-13-10-24-17-29)26-14-19-6-4-5-7-20(19)28-12-9-23-16-28;/h4-7,9-10,12-13,16-18,21H,3,8,11,14-15H2,1-2H3,(H,25,26);1H. The van der Waals surface area contributed by atoms with E-state index >= 15 is 0 Å². The number of imidazole rings is 2. The molecule has 2 aromatic heterocycles. The van der Waals surface area contributed by atoms with Gasteiger partial charge in [0.2, 0.25) is 0 Å². The van der Waals surface area contributed by atoms with Crippen LogP contribution in [0.15, 0.2) is 66.7 Å². The fourth-order valence-corrected chi connectivity index (χ4v) is 3.98. The minimum absolute atomic E-state index is 0. The maximum atomic E-state index is 4.99. The van der Waals surface area contributed by atoms with Gasteiger partial charge in [-0.25, -0.2) is 15.0 Å². The predicted octanol–water partition coefficient (Wildman–Crippen LogP) is 3.74. The topological polar surface area (TPSA) is 63.3 Å². The van der Waals surface area contributed by atoms with Gasteiger partial charge in [-0.05, 0) is 30.9 Å². The SMILES string of the molecule is CCNC(=NCc1ccccc1-n1ccnc1)N1CCC(C)C(n2ccnc2)C1.I. The van der Waals surface area contributed by atoms with Crippen LogP contribution in [0.2, 0.25) is 0 Å². The minimum atomic E-state index is 0. The van der Waals surface area contributed by atoms with Crippen LogP contribution >= 0.6 is 24.0 Å². The summed E-state index contributed by atoms with van der Waals surface area (Å²) in [6.07, 6.45) is 12.6. The molecule has 0 amide bonds. The van der Waals surface area contributed by atoms with Gasteiger partial charge in [0.15, 0.2) is 5.96 Å². The molecule has 0 saturated carbocycles. The molecular weight excluding hydrogens is 489 g/mol. The van der Waals surface area contributed by atoms with E-state index < -0.39 is 0 Å². The first kappa shape index (κ1) is 22.3. The number of aliphatic imine (C=N–C) groups is 1. The highest BCUT2D eigenvalue weighted by Gasteiger charge is 2.28. The molecule has 0 radical (unpaired) electrons. The highest BCUT2D eigenvalue weighted by Crippen LogP contribution is 2.27. The summed E-state index contributed by atoms with van der Waals surface area (Å²) in [5.74, 6) is 1.59. The average Bonchev–Trinajstić information content (AvgIpc) is 3.46. The summed E-state index contributed by atoms with van der Waals surface area (Å²) in [5.41, 5.74) is 2.30. The summed E-state index contributed by atoms with van der Waals surface area (Å²) >= 11 is 0. The Morgan fingerprint density at radius 3 is 2.70 bits per heavy atom. The number of hydrogen-bond donors (Lipinski definition) is 1. The Balaban J connectivity index is 0.00000256. The molecule has 7 nitrogen and oxygen atoms in total. The van der Waals surface area contributed by atoms with Crippen molar-refractivity contribution in [2.75, 3.05) is 19.6 Å². The van der Waals surface area contributed by atoms with Crippen molar-refractivity contribution in [1.29, 1.82) is 0 Å². The number of benzene rings is 1. The Hall–Kier alpha value is -2.36. The molecule has 1 aromatic carbocycles. The monoisotopic (exact) mass is 519 g/mol. The van der Waals surface area contributed by atoms with Crippen LogP contribution in [0.5, 0.6) is 0 Å². The molecule has 1 fully saturated rings. The van der Waals surface area contributed by atoms with E-state index in [2.05, 4.69) is 69.1 Å². The molecule has 2 atom stereocenters. The highest BCUT2D eigenvalue weighted by molar-refractivity contribution is 14.0. The summed E-state index contributed by atoms with van der Waals surface area (Å²) in [5, 5.41) is 3.49. The van der Waals surface area contributed by atoms with Crippen LogP contribution in [0, 0.1) is 5.92 Å². The molecule has 160 valence electrons. The van der Waals surface area contributed by atoms with Crippen molar-refractivity contribution < 1.29 is 0 Å². The summed E-state index contributed by atoms with van der Waals surface area (Å²) in [7, 11) is 0. The quantitative estimate of drug-likeness (QED) is 0.317. The number of nitrogens with zero attached hydrogens (tertiary/aromatic N) is 6. The van der Waals surface area contributed by atoms with Crippen LogP contribution in [0.4, 0.5) is 0 Å². The third-order valence-electron chi connectivity index (χ3n) is 5.63. The van der Waals surface area contributed by atoms with Crippen LogP contribution in [0.3, 0.4) is 0 Å². The lowest BCUT2D eigenvalue weighted by Crippen LogP contribution is -2.49. The highest BCUT2D eigenvalue weighted by atomic mass is 127. The summed E-state index contributed by atoms with van der Waals surface area (Å²) in [6, 6.07) is 8.77. The van der Waals surface area contributed by atoms with E-state index in [9.17, 15) is 0 Å². The molecule has 1 N–H and O–H groups in total. The maximum absolute atomic E-state index is 4.99. The number of likely N-dealkylation sites (tertiary alicyclic amines) is 1. The predicted molar refractivity (Wildman–Crippen MR) is 130 cm³/mol. The molecule has 3 aromatic rings. The van der Waals surface area contributed by atoms with Gasteiger partial charge in [0, 0.05) is 44.4 Å². The lowest BCUT2D eigenvalue weighted by atomic mass is 9.93. The molecule has 0 aliphatic carbocycles. The Morgan fingerprint density at radius 1 is 1.17 bits per heavy atom. The smallest absolute Gasteiger partial charge is 0.194 e. The van der Waals surface area contributed by atoms with Crippen LogP contribution in [0.1, 0.15) is 31.9 Å². The molecule has 0 bridgehead atoms. The minimum Gasteiger partial charge on any atom is -0.357 e. The van der Waals surface area contributed by atoms with E-state index in [4.69, 9.17) is 4.99 Å². The van der Waals surface area contributed by atoms with E-state index in [1.54, 1.807) is 6.20 Å². The number of aromatic nitrogens is 4. The van der Waals surface area contributed by atoms with Gasteiger partial charge in [0.25, 0.3) is 0 Å². The number of nitrogens with one attached hydrogen (secondary N) is 1. The van der Waals surface area contributed by atoms with Crippen LogP contribution in [0.25, 0.3) is 5.69 Å². The summed E-state index contributed by atoms with van der Waals surface area (Å²) in [6.45, 7) is 7.87. The van der Waals surface area contributed by atoms with Crippen LogP contribution < -0.4 is 5.32 Å². The summed E-state index contributed by atoms with van der Waals surface area (Å²) in [4.78, 5) is 15.8. The van der Waals surface area contributed by atoms with Gasteiger partial charge in [0.1, 0.15) is 0 Å². The first-order valence-electron chi connectivity index (χ1n) is 10.3. The molecule has 0 spiro atoms. The number of guanidine groups is 1. The normalized spacial score (nSPS) is 19.4. The first-order valence-corrected chi connectivity index (χ1v) is 10.3. The van der Waals surface area contributed by atoms with Crippen molar-refractivity contribution in [3.8, 4) is 5.69 Å². The summed E-state index contributed by atoms with van der Waals surface area (Å²) < 4.78 is 4.27. The average molecular weight is 519 g/mol. The van der Waals surface area contributed by atoms with Gasteiger partial charge in [-0.15, -0.1) is 24.0 Å². The molecule has 1 aliphatic rings. The molecule has 1 saturated heterocycles. The first-order chi connectivity index (χ1) is 14.3. The largest absolute Gasteiger partial charge is 0.357 e. The van der Waals surface area contributed by atoms with Crippen LogP contribution in [-0.2, 0) is 6.54 Å². The van der Waals surface area contributed by atoms with E-state index in [1.807, 2.05) is 29.6 Å². The third-order valence-corrected chi connectivity index (χ3v) is 5.63. The number of piperidine rings is 1. The second kappa shape index (κ2) is 10.6. The van der Waals surface area contributed by atoms with Crippen molar-refractivity contribution in [2.45, 2.75) is 32.9 Å². The van der Waals surface area contributed by atoms with E-state index in [1.165, 1.54) is 5.56 Å². The van der Waals surface area contributed by atoms with E-state index in [0.717, 1.165) is 37.7 Å². The number of halogens is 1. The molecule has 3 heterocycles. The molecular formula is C22H30IN7. The fourth-order valence-electron chi connectivity index (χ4n) is 3.98. The van der Waals surface area contributed by atoms with Gasteiger partial charge >= 0.3 is 0 Å². The second-order valence-corrected chi connectivity index (χ2v) is 7.56. The van der Waals surface area contributed by atoms with Crippen molar-refractivity contribution in [3.05, 3.63) is 67.3 Å². The fraction of sp³-hybridized carbons (Fsp3) is 0.409. The van der Waals surface area contributed by atoms with Gasteiger partial charge in [0.05, 0.1) is 30.9 Å². The zero-order valence-electron chi connectivity index (χ0n) is 17.6. The second-order valence-electron chi connectivity index (χ2n) is 7.56. The zero-order valence-corrected chi connectivity index (χ0v) is 19.9. The third kappa shape index (κ3) is 5.03. The Kier molecular flexibility index (Phi) is 7.89. The Bertz CT molecular complexity index is 921. The van der Waals surface area contributed by atoms with Crippen molar-refractivity contribution in [2.24, 2.45) is 10.9 Å². The van der Waals surface area contributed by atoms with E-state index in [-0.39, 0.29) is 24.0 Å². The Labute approximate surface area is 195 Å². The van der Waals surface area contributed by atoms with Crippen molar-refractivity contribution in [3.63, 3.8) is 0 Å². The maximum Gasteiger partial charge on any atom is 0.194 e. The van der Waals surface area contributed by atoms with Crippen LogP contribution in [-0.4, -0.2) is 49.6 Å². The van der Waals surface area contributed by atoms with Crippen molar-refractivity contribution in [1.82, 2.24) is 29.3 Å². The van der Waals surface area contributed by atoms with Gasteiger partial charge in [-0.1, -0.05) is 25.1 Å². The van der Waals surface area contributed by atoms with Gasteiger partial charge in [-0.3, -0.25) is 0 Å². The van der Waals surface area contributed by atoms with E-state index in [0.29, 0.717) is 18.5 Å². The lowest BCUT2D eigenvalue weighted by Gasteiger charge is -2.39. The lowest BCUT2D eigenvalue weighted by molar-refractivity contribution is 0.189. The molecule has 30 heavy (non-hydrogen) atoms. The van der Waals surface area contributed by atoms with Crippen molar-refractivity contribution >= 4 is 29.9 Å². The van der Waals surface area contributed by atoms with Gasteiger partial charge < -0.3 is 19.4 Å². The number of para-hydroxylation sites is 1. The molecule has 1 aliphatic heterocycles. The molecule has 2 unspecified atom stereocenters. The number of hydrogen-bond acceptors (Lipinski definition) is 3. The molecule has 8 heteroatoms.